The molecule has 0 spiro atoms. The molecule has 23 heavy (non-hydrogen) atoms. The number of primary amides is 1. The number of piperidine rings is 1. The van der Waals surface area contributed by atoms with Crippen molar-refractivity contribution < 1.29 is 9.59 Å². The number of nitrogens with one attached hydrogen (secondary N) is 1. The van der Waals surface area contributed by atoms with Crippen LogP contribution < -0.4 is 11.1 Å². The second kappa shape index (κ2) is 8.52. The first kappa shape index (κ1) is 18.0. The van der Waals surface area contributed by atoms with E-state index in [1.807, 2.05) is 24.0 Å². The third-order valence-electron chi connectivity index (χ3n) is 3.94. The highest BCUT2D eigenvalue weighted by Gasteiger charge is 2.23. The van der Waals surface area contributed by atoms with Crippen molar-refractivity contribution in [2.24, 2.45) is 5.73 Å². The highest BCUT2D eigenvalue weighted by atomic mass is 35.5. The van der Waals surface area contributed by atoms with Crippen LogP contribution in [-0.2, 0) is 11.3 Å². The quantitative estimate of drug-likeness (QED) is 0.815. The normalized spacial score (nSPS) is 16.3. The molecular weight excluding hydrogens is 336 g/mol. The van der Waals surface area contributed by atoms with Gasteiger partial charge in [0.2, 0.25) is 5.91 Å². The van der Waals surface area contributed by atoms with Gasteiger partial charge in [0.05, 0.1) is 17.4 Å². The Morgan fingerprint density at radius 3 is 2.65 bits per heavy atom. The number of hydrogen-bond donors (Lipinski definition) is 2. The van der Waals surface area contributed by atoms with E-state index in [0.29, 0.717) is 19.6 Å². The molecule has 0 bridgehead atoms. The summed E-state index contributed by atoms with van der Waals surface area (Å²) in [4.78, 5) is 28.2. The molecule has 0 aromatic carbocycles. The number of nitrogens with zero attached hydrogens (tertiary/aromatic N) is 2. The highest BCUT2D eigenvalue weighted by Crippen LogP contribution is 2.22. The van der Waals surface area contributed by atoms with Crippen LogP contribution in [0, 0.1) is 0 Å². The van der Waals surface area contributed by atoms with E-state index in [1.165, 1.54) is 11.3 Å². The summed E-state index contributed by atoms with van der Waals surface area (Å²) < 4.78 is 0.735. The van der Waals surface area contributed by atoms with E-state index >= 15 is 0 Å². The Labute approximate surface area is 145 Å². The number of hydrogen-bond acceptors (Lipinski definition) is 4. The second-order valence-corrected chi connectivity index (χ2v) is 7.49. The Balaban J connectivity index is 1.80. The van der Waals surface area contributed by atoms with Crippen molar-refractivity contribution in [3.63, 3.8) is 0 Å². The van der Waals surface area contributed by atoms with Crippen LogP contribution in [0.15, 0.2) is 12.1 Å². The van der Waals surface area contributed by atoms with E-state index in [4.69, 9.17) is 17.3 Å². The van der Waals surface area contributed by atoms with Crippen molar-refractivity contribution in [3.8, 4) is 0 Å². The molecule has 8 heteroatoms. The highest BCUT2D eigenvalue weighted by molar-refractivity contribution is 7.16. The van der Waals surface area contributed by atoms with Gasteiger partial charge in [0.15, 0.2) is 0 Å². The van der Waals surface area contributed by atoms with Crippen LogP contribution in [0.1, 0.15) is 24.6 Å². The van der Waals surface area contributed by atoms with Crippen LogP contribution in [0.2, 0.25) is 4.34 Å². The van der Waals surface area contributed by atoms with Gasteiger partial charge in [0.25, 0.3) is 0 Å². The average molecular weight is 359 g/mol. The van der Waals surface area contributed by atoms with Crippen molar-refractivity contribution in [1.29, 1.82) is 0 Å². The van der Waals surface area contributed by atoms with Gasteiger partial charge in [-0.25, -0.2) is 4.79 Å². The zero-order chi connectivity index (χ0) is 16.8. The molecule has 0 radical (unpaired) electrons. The van der Waals surface area contributed by atoms with Gasteiger partial charge >= 0.3 is 6.03 Å². The van der Waals surface area contributed by atoms with E-state index < -0.39 is 0 Å². The minimum atomic E-state index is -0.306. The maximum absolute atomic E-state index is 12.4. The molecule has 1 saturated heterocycles. The van der Waals surface area contributed by atoms with Crippen molar-refractivity contribution in [2.45, 2.75) is 32.4 Å². The average Bonchev–Trinajstić information content (AvgIpc) is 2.91. The summed E-state index contributed by atoms with van der Waals surface area (Å²) in [6.45, 7) is 5.02. The lowest BCUT2D eigenvalue weighted by molar-refractivity contribution is -0.119. The summed E-state index contributed by atoms with van der Waals surface area (Å²) in [5.74, 6) is -0.306. The van der Waals surface area contributed by atoms with Crippen LogP contribution >= 0.6 is 22.9 Å². The van der Waals surface area contributed by atoms with E-state index in [1.54, 1.807) is 4.90 Å². The monoisotopic (exact) mass is 358 g/mol. The zero-order valence-corrected chi connectivity index (χ0v) is 14.8. The Morgan fingerprint density at radius 1 is 1.43 bits per heavy atom. The lowest BCUT2D eigenvalue weighted by atomic mass is 10.1. The summed E-state index contributed by atoms with van der Waals surface area (Å²) in [6.07, 6.45) is 1.67. The fraction of sp³-hybridized carbons (Fsp3) is 0.600. The Morgan fingerprint density at radius 2 is 2.13 bits per heavy atom. The minimum absolute atomic E-state index is 0.0506. The number of carbonyl (C=O) groups excluding carboxylic acids is 2. The number of nitrogens with two attached hydrogens (primary N) is 1. The van der Waals surface area contributed by atoms with Crippen molar-refractivity contribution in [1.82, 2.24) is 15.1 Å². The van der Waals surface area contributed by atoms with Crippen molar-refractivity contribution >= 4 is 34.9 Å². The van der Waals surface area contributed by atoms with Crippen LogP contribution in [0.3, 0.4) is 0 Å². The Hall–Kier alpha value is -1.31. The molecule has 6 nitrogen and oxygen atoms in total. The first-order valence-electron chi connectivity index (χ1n) is 7.78. The molecular formula is C15H23ClN4O2S. The molecule has 2 heterocycles. The molecule has 1 aliphatic rings. The lowest BCUT2D eigenvalue weighted by Gasteiger charge is -2.32. The molecule has 1 fully saturated rings. The fourth-order valence-corrected chi connectivity index (χ4v) is 3.78. The largest absolute Gasteiger partial charge is 0.369 e. The van der Waals surface area contributed by atoms with Crippen molar-refractivity contribution in [3.05, 3.63) is 21.3 Å². The molecule has 1 aromatic rings. The molecule has 0 unspecified atom stereocenters. The maximum Gasteiger partial charge on any atom is 0.317 e. The van der Waals surface area contributed by atoms with Gasteiger partial charge in [-0.1, -0.05) is 11.6 Å². The van der Waals surface area contributed by atoms with E-state index in [2.05, 4.69) is 5.32 Å². The first-order chi connectivity index (χ1) is 11.0. The van der Waals surface area contributed by atoms with E-state index in [0.717, 1.165) is 35.1 Å². The number of amides is 3. The van der Waals surface area contributed by atoms with Crippen LogP contribution in [-0.4, -0.2) is 54.0 Å². The third kappa shape index (κ3) is 5.67. The van der Waals surface area contributed by atoms with Gasteiger partial charge in [0, 0.05) is 30.6 Å². The van der Waals surface area contributed by atoms with Gasteiger partial charge in [-0.2, -0.15) is 0 Å². The maximum atomic E-state index is 12.4. The summed E-state index contributed by atoms with van der Waals surface area (Å²) >= 11 is 7.43. The molecule has 0 atom stereocenters. The molecule has 1 aliphatic heterocycles. The summed E-state index contributed by atoms with van der Waals surface area (Å²) in [7, 11) is 0. The summed E-state index contributed by atoms with van der Waals surface area (Å²) in [5.41, 5.74) is 5.21. The topological polar surface area (TPSA) is 78.7 Å². The standard InChI is InChI=1S/C15H23ClN4O2S/c1-2-20(9-12-3-4-13(16)23-12)15(22)18-11-5-7-19(8-6-11)10-14(17)21/h3-4,11H,2,5-10H2,1H3,(H2,17,21)(H,18,22). The van der Waals surface area contributed by atoms with Gasteiger partial charge in [-0.15, -0.1) is 11.3 Å². The summed E-state index contributed by atoms with van der Waals surface area (Å²) in [6, 6.07) is 3.89. The number of thiophene rings is 1. The Kier molecular flexibility index (Phi) is 6.68. The third-order valence-corrected chi connectivity index (χ3v) is 5.16. The molecule has 3 N–H and O–H groups in total. The predicted molar refractivity (Wildman–Crippen MR) is 92.6 cm³/mol. The number of likely N-dealkylation sites (tertiary alicyclic amines) is 1. The number of halogens is 1. The van der Waals surface area contributed by atoms with E-state index in [-0.39, 0.29) is 18.0 Å². The first-order valence-corrected chi connectivity index (χ1v) is 8.97. The molecule has 1 aromatic heterocycles. The number of urea groups is 1. The lowest BCUT2D eigenvalue weighted by Crippen LogP contribution is -2.50. The summed E-state index contributed by atoms with van der Waals surface area (Å²) in [5, 5.41) is 3.09. The molecule has 0 saturated carbocycles. The molecule has 2 rings (SSSR count). The van der Waals surface area contributed by atoms with Crippen LogP contribution in [0.4, 0.5) is 4.79 Å². The smallest absolute Gasteiger partial charge is 0.317 e. The molecule has 128 valence electrons. The van der Waals surface area contributed by atoms with Gasteiger partial charge in [0.1, 0.15) is 0 Å². The van der Waals surface area contributed by atoms with Gasteiger partial charge < -0.3 is 16.0 Å². The number of rotatable bonds is 6. The molecule has 0 aliphatic carbocycles. The zero-order valence-electron chi connectivity index (χ0n) is 13.3. The van der Waals surface area contributed by atoms with Crippen LogP contribution in [0.25, 0.3) is 0 Å². The predicted octanol–water partition coefficient (Wildman–Crippen LogP) is 1.88. The van der Waals surface area contributed by atoms with Crippen LogP contribution in [0.5, 0.6) is 0 Å². The van der Waals surface area contributed by atoms with E-state index in [9.17, 15) is 9.59 Å². The molecule has 3 amide bonds. The number of carbonyl (C=O) groups is 2. The Bertz CT molecular complexity index is 543. The van der Waals surface area contributed by atoms with Gasteiger partial charge in [-0.3, -0.25) is 9.69 Å². The van der Waals surface area contributed by atoms with Gasteiger partial charge in [-0.05, 0) is 31.9 Å². The second-order valence-electron chi connectivity index (χ2n) is 5.69. The SMILES string of the molecule is CCN(Cc1ccc(Cl)s1)C(=O)NC1CCN(CC(N)=O)CC1. The van der Waals surface area contributed by atoms with Crippen molar-refractivity contribution in [2.75, 3.05) is 26.2 Å². The fourth-order valence-electron chi connectivity index (χ4n) is 2.67. The minimum Gasteiger partial charge on any atom is -0.369 e.